The number of para-hydroxylation sites is 2. The molecule has 1 aliphatic heterocycles. The second kappa shape index (κ2) is 5.73. The predicted molar refractivity (Wildman–Crippen MR) is 93.2 cm³/mol. The number of anilines is 1. The van der Waals surface area contributed by atoms with E-state index in [2.05, 4.69) is 20.8 Å². The standard InChI is InChI=1S/C20H23NO2/c1-14-9-5-6-10-15(14)19(22)21-16-11-7-8-12-17(16)23-13-18(21)20(2,3)4/h5-12,18H,13H2,1-4H3/t18-/m1/s1. The van der Waals surface area contributed by atoms with Gasteiger partial charge in [0.2, 0.25) is 0 Å². The van der Waals surface area contributed by atoms with Gasteiger partial charge >= 0.3 is 0 Å². The van der Waals surface area contributed by atoms with Gasteiger partial charge in [-0.3, -0.25) is 9.69 Å². The van der Waals surface area contributed by atoms with Gasteiger partial charge in [-0.15, -0.1) is 0 Å². The van der Waals surface area contributed by atoms with Crippen molar-refractivity contribution in [2.75, 3.05) is 11.5 Å². The summed E-state index contributed by atoms with van der Waals surface area (Å²) in [6.45, 7) is 8.93. The van der Waals surface area contributed by atoms with Crippen molar-refractivity contribution in [3.63, 3.8) is 0 Å². The van der Waals surface area contributed by atoms with E-state index in [1.54, 1.807) is 0 Å². The average molecular weight is 309 g/mol. The summed E-state index contributed by atoms with van der Waals surface area (Å²) in [6.07, 6.45) is 0. The third kappa shape index (κ3) is 2.83. The van der Waals surface area contributed by atoms with Crippen molar-refractivity contribution in [1.29, 1.82) is 0 Å². The molecule has 1 atom stereocenters. The van der Waals surface area contributed by atoms with Gasteiger partial charge in [0, 0.05) is 5.56 Å². The summed E-state index contributed by atoms with van der Waals surface area (Å²) in [5, 5.41) is 0. The summed E-state index contributed by atoms with van der Waals surface area (Å²) in [6, 6.07) is 15.5. The van der Waals surface area contributed by atoms with E-state index >= 15 is 0 Å². The van der Waals surface area contributed by atoms with E-state index in [0.29, 0.717) is 6.61 Å². The van der Waals surface area contributed by atoms with Crippen LogP contribution in [0.15, 0.2) is 48.5 Å². The second-order valence-electron chi connectivity index (χ2n) is 7.15. The molecule has 0 bridgehead atoms. The van der Waals surface area contributed by atoms with Crippen molar-refractivity contribution in [3.05, 3.63) is 59.7 Å². The van der Waals surface area contributed by atoms with Crippen LogP contribution >= 0.6 is 0 Å². The maximum Gasteiger partial charge on any atom is 0.259 e. The molecule has 23 heavy (non-hydrogen) atoms. The Labute approximate surface area is 137 Å². The van der Waals surface area contributed by atoms with Crippen LogP contribution in [0.25, 0.3) is 0 Å². The first-order chi connectivity index (χ1) is 10.9. The molecule has 120 valence electrons. The summed E-state index contributed by atoms with van der Waals surface area (Å²) in [5.41, 5.74) is 2.52. The molecule has 1 amide bonds. The minimum Gasteiger partial charge on any atom is -0.489 e. The highest BCUT2D eigenvalue weighted by molar-refractivity contribution is 6.08. The number of benzene rings is 2. The third-order valence-electron chi connectivity index (χ3n) is 4.43. The molecule has 0 saturated carbocycles. The number of nitrogens with zero attached hydrogens (tertiary/aromatic N) is 1. The molecule has 2 aromatic carbocycles. The van der Waals surface area contributed by atoms with E-state index in [1.165, 1.54) is 0 Å². The fourth-order valence-corrected chi connectivity index (χ4v) is 3.02. The quantitative estimate of drug-likeness (QED) is 0.779. The molecule has 0 spiro atoms. The maximum atomic E-state index is 13.3. The molecule has 0 saturated heterocycles. The van der Waals surface area contributed by atoms with Gasteiger partial charge in [0.05, 0.1) is 11.7 Å². The van der Waals surface area contributed by atoms with E-state index in [9.17, 15) is 4.79 Å². The normalized spacial score (nSPS) is 17.4. The Bertz CT molecular complexity index is 730. The summed E-state index contributed by atoms with van der Waals surface area (Å²) in [4.78, 5) is 15.2. The lowest BCUT2D eigenvalue weighted by Gasteiger charge is -2.43. The Hall–Kier alpha value is -2.29. The summed E-state index contributed by atoms with van der Waals surface area (Å²) < 4.78 is 5.92. The zero-order valence-corrected chi connectivity index (χ0v) is 14.2. The highest BCUT2D eigenvalue weighted by atomic mass is 16.5. The number of carbonyl (C=O) groups excluding carboxylic acids is 1. The predicted octanol–water partition coefficient (Wildman–Crippen LogP) is 4.45. The highest BCUT2D eigenvalue weighted by Crippen LogP contribution is 2.39. The second-order valence-corrected chi connectivity index (χ2v) is 7.15. The molecule has 0 aromatic heterocycles. The SMILES string of the molecule is Cc1ccccc1C(=O)N1c2ccccc2OC[C@@H]1C(C)(C)C. The molecule has 0 N–H and O–H groups in total. The number of carbonyl (C=O) groups is 1. The first-order valence-corrected chi connectivity index (χ1v) is 8.00. The number of ether oxygens (including phenoxy) is 1. The van der Waals surface area contributed by atoms with Crippen LogP contribution in [0.3, 0.4) is 0 Å². The Balaban J connectivity index is 2.11. The van der Waals surface area contributed by atoms with Crippen molar-refractivity contribution >= 4 is 11.6 Å². The zero-order valence-electron chi connectivity index (χ0n) is 14.2. The molecule has 0 aliphatic carbocycles. The van der Waals surface area contributed by atoms with Gasteiger partial charge in [0.25, 0.3) is 5.91 Å². The van der Waals surface area contributed by atoms with E-state index < -0.39 is 0 Å². The van der Waals surface area contributed by atoms with Crippen LogP contribution in [-0.2, 0) is 0 Å². The van der Waals surface area contributed by atoms with Gasteiger partial charge in [-0.05, 0) is 36.1 Å². The minimum absolute atomic E-state index is 0.00972. The van der Waals surface area contributed by atoms with Crippen molar-refractivity contribution in [3.8, 4) is 5.75 Å². The molecular formula is C20H23NO2. The van der Waals surface area contributed by atoms with Gasteiger partial charge in [-0.1, -0.05) is 51.1 Å². The van der Waals surface area contributed by atoms with E-state index in [4.69, 9.17) is 4.74 Å². The number of rotatable bonds is 1. The molecule has 3 nitrogen and oxygen atoms in total. The van der Waals surface area contributed by atoms with Crippen LogP contribution in [0, 0.1) is 12.3 Å². The van der Waals surface area contributed by atoms with Gasteiger partial charge in [-0.2, -0.15) is 0 Å². The number of fused-ring (bicyclic) bond motifs is 1. The topological polar surface area (TPSA) is 29.5 Å². The van der Waals surface area contributed by atoms with Gasteiger partial charge in [-0.25, -0.2) is 0 Å². The first-order valence-electron chi connectivity index (χ1n) is 8.00. The first kappa shape index (κ1) is 15.6. The maximum absolute atomic E-state index is 13.3. The van der Waals surface area contributed by atoms with Gasteiger partial charge in [0.15, 0.2) is 0 Å². The van der Waals surface area contributed by atoms with Crippen molar-refractivity contribution in [2.24, 2.45) is 5.41 Å². The summed E-state index contributed by atoms with van der Waals surface area (Å²) in [7, 11) is 0. The molecule has 2 aromatic rings. The molecule has 0 radical (unpaired) electrons. The van der Waals surface area contributed by atoms with Crippen LogP contribution < -0.4 is 9.64 Å². The number of aryl methyl sites for hydroxylation is 1. The Morgan fingerprint density at radius 3 is 2.43 bits per heavy atom. The lowest BCUT2D eigenvalue weighted by molar-refractivity contribution is 0.0910. The average Bonchev–Trinajstić information content (AvgIpc) is 2.52. The fraction of sp³-hybridized carbons (Fsp3) is 0.350. The van der Waals surface area contributed by atoms with Crippen molar-refractivity contribution in [1.82, 2.24) is 0 Å². The van der Waals surface area contributed by atoms with Gasteiger partial charge < -0.3 is 4.74 Å². The Morgan fingerprint density at radius 2 is 1.74 bits per heavy atom. The van der Waals surface area contributed by atoms with Crippen LogP contribution in [0.4, 0.5) is 5.69 Å². The van der Waals surface area contributed by atoms with Crippen LogP contribution in [0.1, 0.15) is 36.7 Å². The van der Waals surface area contributed by atoms with Crippen LogP contribution in [0.5, 0.6) is 5.75 Å². The van der Waals surface area contributed by atoms with Crippen LogP contribution in [0.2, 0.25) is 0 Å². The summed E-state index contributed by atoms with van der Waals surface area (Å²) in [5.74, 6) is 0.814. The number of amides is 1. The highest BCUT2D eigenvalue weighted by Gasteiger charge is 2.39. The zero-order chi connectivity index (χ0) is 16.6. The monoisotopic (exact) mass is 309 g/mol. The molecule has 1 heterocycles. The van der Waals surface area contributed by atoms with Crippen molar-refractivity contribution < 1.29 is 9.53 Å². The molecule has 0 fully saturated rings. The fourth-order valence-electron chi connectivity index (χ4n) is 3.02. The van der Waals surface area contributed by atoms with Gasteiger partial charge in [0.1, 0.15) is 12.4 Å². The lowest BCUT2D eigenvalue weighted by Crippen LogP contribution is -2.53. The third-order valence-corrected chi connectivity index (χ3v) is 4.43. The Morgan fingerprint density at radius 1 is 1.09 bits per heavy atom. The van der Waals surface area contributed by atoms with E-state index in [-0.39, 0.29) is 17.4 Å². The van der Waals surface area contributed by atoms with E-state index in [1.807, 2.05) is 60.4 Å². The smallest absolute Gasteiger partial charge is 0.259 e. The van der Waals surface area contributed by atoms with Crippen molar-refractivity contribution in [2.45, 2.75) is 33.7 Å². The molecule has 0 unspecified atom stereocenters. The minimum atomic E-state index is -0.0775. The largest absolute Gasteiger partial charge is 0.489 e. The number of hydrogen-bond donors (Lipinski definition) is 0. The Kier molecular flexibility index (Phi) is 3.88. The number of hydrogen-bond acceptors (Lipinski definition) is 2. The summed E-state index contributed by atoms with van der Waals surface area (Å²) >= 11 is 0. The van der Waals surface area contributed by atoms with E-state index in [0.717, 1.165) is 22.6 Å². The molecule has 3 heteroatoms. The molecule has 3 rings (SSSR count). The molecule has 1 aliphatic rings. The lowest BCUT2D eigenvalue weighted by atomic mass is 9.84. The molecular weight excluding hydrogens is 286 g/mol. The van der Waals surface area contributed by atoms with Crippen LogP contribution in [-0.4, -0.2) is 18.6 Å².